The summed E-state index contributed by atoms with van der Waals surface area (Å²) in [7, 11) is 3.42. The lowest BCUT2D eigenvalue weighted by atomic mass is 10.0. The Bertz CT molecular complexity index is 648. The Labute approximate surface area is 117 Å². The molecule has 1 aliphatic rings. The first kappa shape index (κ1) is 13.1. The number of pyridine rings is 1. The number of hydrogen-bond acceptors (Lipinski definition) is 4. The van der Waals surface area contributed by atoms with Gasteiger partial charge in [-0.25, -0.2) is 4.98 Å². The highest BCUT2D eigenvalue weighted by Crippen LogP contribution is 2.30. The minimum atomic E-state index is -0.195. The number of methoxy groups -OCH3 is 1. The molecule has 0 saturated carbocycles. The fraction of sp³-hybridized carbons (Fsp3) is 0.467. The molecular formula is C15H19N3O2. The SMILES string of the molecule is CN[C@@H]1CCc2c(CC(=O)OC)c3cccnc3n2C1. The highest BCUT2D eigenvalue weighted by Gasteiger charge is 2.25. The summed E-state index contributed by atoms with van der Waals surface area (Å²) >= 11 is 0. The molecular weight excluding hydrogens is 254 g/mol. The van der Waals surface area contributed by atoms with Gasteiger partial charge in [-0.1, -0.05) is 0 Å². The third-order valence-electron chi connectivity index (χ3n) is 4.13. The van der Waals surface area contributed by atoms with Gasteiger partial charge in [0.25, 0.3) is 0 Å². The number of nitrogens with one attached hydrogen (secondary N) is 1. The van der Waals surface area contributed by atoms with Gasteiger partial charge >= 0.3 is 5.97 Å². The van der Waals surface area contributed by atoms with Gasteiger partial charge in [-0.3, -0.25) is 4.79 Å². The van der Waals surface area contributed by atoms with Crippen molar-refractivity contribution in [3.05, 3.63) is 29.6 Å². The van der Waals surface area contributed by atoms with Crippen LogP contribution in [0.2, 0.25) is 0 Å². The van der Waals surface area contributed by atoms with Crippen molar-refractivity contribution in [1.82, 2.24) is 14.9 Å². The monoisotopic (exact) mass is 273 g/mol. The van der Waals surface area contributed by atoms with Crippen LogP contribution in [0.15, 0.2) is 18.3 Å². The molecule has 0 unspecified atom stereocenters. The summed E-state index contributed by atoms with van der Waals surface area (Å²) in [6.07, 6.45) is 4.18. The van der Waals surface area contributed by atoms with E-state index in [-0.39, 0.29) is 5.97 Å². The first-order chi connectivity index (χ1) is 9.74. The van der Waals surface area contributed by atoms with Crippen LogP contribution in [0.1, 0.15) is 17.7 Å². The second-order valence-corrected chi connectivity index (χ2v) is 5.19. The van der Waals surface area contributed by atoms with Gasteiger partial charge in [-0.2, -0.15) is 0 Å². The fourth-order valence-corrected chi connectivity index (χ4v) is 3.05. The van der Waals surface area contributed by atoms with E-state index in [1.54, 1.807) is 6.20 Å². The largest absolute Gasteiger partial charge is 0.469 e. The lowest BCUT2D eigenvalue weighted by molar-refractivity contribution is -0.139. The molecule has 0 amide bonds. The number of aromatic nitrogens is 2. The number of ether oxygens (including phenoxy) is 1. The van der Waals surface area contributed by atoms with Gasteiger partial charge in [0.1, 0.15) is 5.65 Å². The highest BCUT2D eigenvalue weighted by atomic mass is 16.5. The average molecular weight is 273 g/mol. The molecule has 3 heterocycles. The van der Waals surface area contributed by atoms with Crippen molar-refractivity contribution < 1.29 is 9.53 Å². The normalized spacial score (nSPS) is 18.0. The van der Waals surface area contributed by atoms with Gasteiger partial charge in [0.15, 0.2) is 0 Å². The maximum absolute atomic E-state index is 11.7. The molecule has 1 atom stereocenters. The molecule has 5 heteroatoms. The van der Waals surface area contributed by atoms with E-state index in [9.17, 15) is 4.79 Å². The number of fused-ring (bicyclic) bond motifs is 3. The molecule has 5 nitrogen and oxygen atoms in total. The summed E-state index contributed by atoms with van der Waals surface area (Å²) in [4.78, 5) is 16.2. The van der Waals surface area contributed by atoms with Crippen LogP contribution in [0.4, 0.5) is 0 Å². The van der Waals surface area contributed by atoms with Crippen LogP contribution in [0, 0.1) is 0 Å². The Morgan fingerprint density at radius 2 is 2.45 bits per heavy atom. The predicted molar refractivity (Wildman–Crippen MR) is 76.6 cm³/mol. The second-order valence-electron chi connectivity index (χ2n) is 5.19. The zero-order valence-corrected chi connectivity index (χ0v) is 11.8. The van der Waals surface area contributed by atoms with Gasteiger partial charge in [0, 0.05) is 29.9 Å². The molecule has 2 aromatic heterocycles. The molecule has 0 aliphatic carbocycles. The standard InChI is InChI=1S/C15H19N3O2/c1-16-10-5-6-13-12(8-14(19)20-2)11-4-3-7-17-15(11)18(13)9-10/h3-4,7,10,16H,5-6,8-9H2,1-2H3/t10-/m1/s1. The molecule has 0 spiro atoms. The Balaban J connectivity index is 2.12. The van der Waals surface area contributed by atoms with Crippen LogP contribution in [-0.4, -0.2) is 35.7 Å². The van der Waals surface area contributed by atoms with Crippen LogP contribution in [0.25, 0.3) is 11.0 Å². The molecule has 20 heavy (non-hydrogen) atoms. The number of likely N-dealkylation sites (N-methyl/N-ethyl adjacent to an activating group) is 1. The minimum absolute atomic E-state index is 0.195. The number of carbonyl (C=O) groups is 1. The van der Waals surface area contributed by atoms with E-state index in [4.69, 9.17) is 4.74 Å². The van der Waals surface area contributed by atoms with Gasteiger partial charge in [0.2, 0.25) is 0 Å². The average Bonchev–Trinajstić information content (AvgIpc) is 2.81. The summed E-state index contributed by atoms with van der Waals surface area (Å²) < 4.78 is 7.07. The first-order valence-electron chi connectivity index (χ1n) is 6.93. The predicted octanol–water partition coefficient (Wildman–Crippen LogP) is 1.29. The molecule has 1 aliphatic heterocycles. The molecule has 3 rings (SSSR count). The summed E-state index contributed by atoms with van der Waals surface area (Å²) in [5.41, 5.74) is 3.28. The summed E-state index contributed by atoms with van der Waals surface area (Å²) in [5.74, 6) is -0.195. The van der Waals surface area contributed by atoms with E-state index < -0.39 is 0 Å². The van der Waals surface area contributed by atoms with Gasteiger partial charge in [-0.05, 0) is 37.6 Å². The Kier molecular flexibility index (Phi) is 3.44. The molecule has 2 aromatic rings. The van der Waals surface area contributed by atoms with E-state index in [0.29, 0.717) is 12.5 Å². The minimum Gasteiger partial charge on any atom is -0.469 e. The maximum atomic E-state index is 11.7. The van der Waals surface area contributed by atoms with E-state index in [0.717, 1.165) is 36.0 Å². The summed E-state index contributed by atoms with van der Waals surface area (Å²) in [6, 6.07) is 4.43. The highest BCUT2D eigenvalue weighted by molar-refractivity contribution is 5.87. The molecule has 0 fully saturated rings. The quantitative estimate of drug-likeness (QED) is 0.856. The van der Waals surface area contributed by atoms with Gasteiger partial charge in [-0.15, -0.1) is 0 Å². The molecule has 0 aromatic carbocycles. The molecule has 1 N–H and O–H groups in total. The molecule has 0 radical (unpaired) electrons. The first-order valence-corrected chi connectivity index (χ1v) is 6.93. The van der Waals surface area contributed by atoms with E-state index in [1.807, 2.05) is 19.2 Å². The third-order valence-corrected chi connectivity index (χ3v) is 4.13. The summed E-state index contributed by atoms with van der Waals surface area (Å²) in [6.45, 7) is 0.903. The van der Waals surface area contributed by atoms with Crippen molar-refractivity contribution in [3.63, 3.8) is 0 Å². The number of hydrogen-bond donors (Lipinski definition) is 1. The van der Waals surface area contributed by atoms with Crippen LogP contribution in [0.5, 0.6) is 0 Å². The van der Waals surface area contributed by atoms with Gasteiger partial charge in [0.05, 0.1) is 13.5 Å². The summed E-state index contributed by atoms with van der Waals surface area (Å²) in [5, 5.41) is 4.40. The van der Waals surface area contributed by atoms with E-state index in [1.165, 1.54) is 12.8 Å². The Morgan fingerprint density at radius 3 is 3.20 bits per heavy atom. The van der Waals surface area contributed by atoms with Crippen molar-refractivity contribution >= 4 is 17.0 Å². The van der Waals surface area contributed by atoms with Crippen LogP contribution < -0.4 is 5.32 Å². The lowest BCUT2D eigenvalue weighted by Crippen LogP contribution is -2.35. The van der Waals surface area contributed by atoms with Crippen molar-refractivity contribution in [1.29, 1.82) is 0 Å². The topological polar surface area (TPSA) is 56.1 Å². The Morgan fingerprint density at radius 1 is 1.60 bits per heavy atom. The third kappa shape index (κ3) is 2.08. The number of rotatable bonds is 3. The fourth-order valence-electron chi connectivity index (χ4n) is 3.05. The lowest BCUT2D eigenvalue weighted by Gasteiger charge is -2.25. The number of carbonyl (C=O) groups excluding carboxylic acids is 1. The van der Waals surface area contributed by atoms with E-state index in [2.05, 4.69) is 14.9 Å². The molecule has 106 valence electrons. The van der Waals surface area contributed by atoms with Crippen LogP contribution >= 0.6 is 0 Å². The second kappa shape index (κ2) is 5.25. The number of nitrogens with zero attached hydrogens (tertiary/aromatic N) is 2. The van der Waals surface area contributed by atoms with Crippen LogP contribution in [-0.2, 0) is 28.9 Å². The molecule has 0 bridgehead atoms. The van der Waals surface area contributed by atoms with Crippen molar-refractivity contribution in [2.75, 3.05) is 14.2 Å². The van der Waals surface area contributed by atoms with Crippen molar-refractivity contribution in [2.24, 2.45) is 0 Å². The van der Waals surface area contributed by atoms with Crippen molar-refractivity contribution in [3.8, 4) is 0 Å². The Hall–Kier alpha value is -1.88. The number of esters is 1. The van der Waals surface area contributed by atoms with E-state index >= 15 is 0 Å². The zero-order chi connectivity index (χ0) is 14.1. The smallest absolute Gasteiger partial charge is 0.310 e. The molecule has 0 saturated heterocycles. The zero-order valence-electron chi connectivity index (χ0n) is 11.8. The maximum Gasteiger partial charge on any atom is 0.310 e. The van der Waals surface area contributed by atoms with Crippen LogP contribution in [0.3, 0.4) is 0 Å². The van der Waals surface area contributed by atoms with Gasteiger partial charge < -0.3 is 14.6 Å². The van der Waals surface area contributed by atoms with Crippen molar-refractivity contribution in [2.45, 2.75) is 31.8 Å².